The molecule has 2 aromatic rings. The molecule has 0 aliphatic rings. The first-order chi connectivity index (χ1) is 9.40. The van der Waals surface area contributed by atoms with Crippen LogP contribution in [0, 0.1) is 0 Å². The minimum absolute atomic E-state index is 0.133. The maximum Gasteiger partial charge on any atom is 0.0934 e. The molecule has 1 aromatic carbocycles. The van der Waals surface area contributed by atoms with E-state index in [-0.39, 0.29) is 5.41 Å². The van der Waals surface area contributed by atoms with Crippen LogP contribution in [0.4, 0.5) is 0 Å². The summed E-state index contributed by atoms with van der Waals surface area (Å²) in [5.41, 5.74) is 2.68. The summed E-state index contributed by atoms with van der Waals surface area (Å²) in [6.07, 6.45) is 0.989. The summed E-state index contributed by atoms with van der Waals surface area (Å²) in [6, 6.07) is 8.55. The monoisotopic (exact) mass is 415 g/mol. The second-order valence-electron chi connectivity index (χ2n) is 5.99. The van der Waals surface area contributed by atoms with Crippen molar-refractivity contribution in [1.29, 1.82) is 0 Å². The summed E-state index contributed by atoms with van der Waals surface area (Å²) < 4.78 is 1.13. The van der Waals surface area contributed by atoms with Gasteiger partial charge >= 0.3 is 0 Å². The smallest absolute Gasteiger partial charge is 0.0934 e. The normalized spacial score (nSPS) is 13.4. The molecule has 108 valence electrons. The minimum Gasteiger partial charge on any atom is -0.246 e. The Morgan fingerprint density at radius 1 is 1.30 bits per heavy atom. The second-order valence-corrected chi connectivity index (χ2v) is 8.49. The van der Waals surface area contributed by atoms with E-state index >= 15 is 0 Å². The van der Waals surface area contributed by atoms with Crippen molar-refractivity contribution >= 4 is 43.2 Å². The number of alkyl halides is 1. The molecule has 0 aliphatic heterocycles. The Bertz CT molecular complexity index is 572. The zero-order chi connectivity index (χ0) is 14.8. The standard InChI is InChI=1S/C16H19Br2NS/c1-16(2,3)14-10-20-15(19-14)8-12(9-17)11-5-4-6-13(18)7-11/h4-7,10,12H,8-9H2,1-3H3. The summed E-state index contributed by atoms with van der Waals surface area (Å²) >= 11 is 8.96. The van der Waals surface area contributed by atoms with Crippen LogP contribution in [0.3, 0.4) is 0 Å². The molecule has 0 spiro atoms. The average molecular weight is 417 g/mol. The molecule has 1 heterocycles. The number of benzene rings is 1. The lowest BCUT2D eigenvalue weighted by atomic mass is 9.93. The molecule has 0 radical (unpaired) electrons. The van der Waals surface area contributed by atoms with Crippen LogP contribution in [0.25, 0.3) is 0 Å². The van der Waals surface area contributed by atoms with E-state index in [1.165, 1.54) is 16.3 Å². The number of nitrogens with zero attached hydrogens (tertiary/aromatic N) is 1. The maximum absolute atomic E-state index is 4.80. The van der Waals surface area contributed by atoms with E-state index in [1.54, 1.807) is 11.3 Å². The van der Waals surface area contributed by atoms with Crippen molar-refractivity contribution in [3.8, 4) is 0 Å². The highest BCUT2D eigenvalue weighted by molar-refractivity contribution is 9.10. The third-order valence-electron chi connectivity index (χ3n) is 3.25. The average Bonchev–Trinajstić information content (AvgIpc) is 2.84. The first-order valence-corrected chi connectivity index (χ1v) is 9.46. The molecular weight excluding hydrogens is 398 g/mol. The molecule has 4 heteroatoms. The van der Waals surface area contributed by atoms with Crippen LogP contribution in [0.2, 0.25) is 0 Å². The summed E-state index contributed by atoms with van der Waals surface area (Å²) in [5, 5.41) is 4.37. The summed E-state index contributed by atoms with van der Waals surface area (Å²) in [7, 11) is 0. The number of thiazole rings is 1. The van der Waals surface area contributed by atoms with Crippen molar-refractivity contribution in [1.82, 2.24) is 4.98 Å². The molecule has 1 atom stereocenters. The van der Waals surface area contributed by atoms with Gasteiger partial charge in [-0.05, 0) is 23.6 Å². The molecule has 0 amide bonds. The van der Waals surface area contributed by atoms with E-state index in [4.69, 9.17) is 4.98 Å². The lowest BCUT2D eigenvalue weighted by molar-refractivity contribution is 0.569. The highest BCUT2D eigenvalue weighted by Gasteiger charge is 2.19. The highest BCUT2D eigenvalue weighted by atomic mass is 79.9. The van der Waals surface area contributed by atoms with Gasteiger partial charge in [0, 0.05) is 27.0 Å². The van der Waals surface area contributed by atoms with Gasteiger partial charge in [-0.15, -0.1) is 11.3 Å². The van der Waals surface area contributed by atoms with Crippen LogP contribution in [0.1, 0.15) is 43.0 Å². The fraction of sp³-hybridized carbons (Fsp3) is 0.438. The SMILES string of the molecule is CC(C)(C)c1csc(CC(CBr)c2cccc(Br)c2)n1. The lowest BCUT2D eigenvalue weighted by Crippen LogP contribution is -2.12. The molecule has 1 unspecified atom stereocenters. The van der Waals surface area contributed by atoms with Gasteiger partial charge in [0.1, 0.15) is 0 Å². The largest absolute Gasteiger partial charge is 0.246 e. The van der Waals surface area contributed by atoms with E-state index in [0.717, 1.165) is 16.2 Å². The summed E-state index contributed by atoms with van der Waals surface area (Å²) in [5.74, 6) is 0.464. The molecular formula is C16H19Br2NS. The number of aromatic nitrogens is 1. The Morgan fingerprint density at radius 3 is 2.60 bits per heavy atom. The van der Waals surface area contributed by atoms with E-state index in [0.29, 0.717) is 5.92 Å². The Labute approximate surface area is 142 Å². The summed E-state index contributed by atoms with van der Waals surface area (Å²) in [6.45, 7) is 6.63. The fourth-order valence-electron chi connectivity index (χ4n) is 1.98. The van der Waals surface area contributed by atoms with Gasteiger partial charge in [0.05, 0.1) is 10.7 Å². The first kappa shape index (κ1) is 16.2. The minimum atomic E-state index is 0.133. The Morgan fingerprint density at radius 2 is 2.05 bits per heavy atom. The van der Waals surface area contributed by atoms with E-state index < -0.39 is 0 Å². The lowest BCUT2D eigenvalue weighted by Gasteiger charge is -2.15. The molecule has 2 rings (SSSR count). The van der Waals surface area contributed by atoms with E-state index in [1.807, 2.05) is 0 Å². The van der Waals surface area contributed by atoms with Crippen LogP contribution in [0.5, 0.6) is 0 Å². The van der Waals surface area contributed by atoms with Gasteiger partial charge in [-0.25, -0.2) is 4.98 Å². The van der Waals surface area contributed by atoms with Crippen molar-refractivity contribution in [2.75, 3.05) is 5.33 Å². The number of hydrogen-bond acceptors (Lipinski definition) is 2. The molecule has 1 nitrogen and oxygen atoms in total. The second kappa shape index (κ2) is 6.71. The zero-order valence-electron chi connectivity index (χ0n) is 12.0. The van der Waals surface area contributed by atoms with E-state index in [2.05, 4.69) is 82.3 Å². The van der Waals surface area contributed by atoms with E-state index in [9.17, 15) is 0 Å². The molecule has 0 bridgehead atoms. The van der Waals surface area contributed by atoms with Gasteiger partial charge in [0.15, 0.2) is 0 Å². The summed E-state index contributed by atoms with van der Waals surface area (Å²) in [4.78, 5) is 4.80. The predicted octanol–water partition coefficient (Wildman–Crippen LogP) is 5.92. The van der Waals surface area contributed by atoms with Gasteiger partial charge in [0.25, 0.3) is 0 Å². The number of hydrogen-bond donors (Lipinski definition) is 0. The molecule has 1 aromatic heterocycles. The molecule has 0 saturated carbocycles. The molecule has 0 N–H and O–H groups in total. The number of rotatable bonds is 4. The third-order valence-corrected chi connectivity index (χ3v) is 5.39. The van der Waals surface area contributed by atoms with Gasteiger partial charge in [-0.2, -0.15) is 0 Å². The van der Waals surface area contributed by atoms with Gasteiger partial charge in [0.2, 0.25) is 0 Å². The molecule has 0 fully saturated rings. The van der Waals surface area contributed by atoms with Gasteiger partial charge in [-0.3, -0.25) is 0 Å². The fourth-order valence-corrected chi connectivity index (χ4v) is 4.10. The van der Waals surface area contributed by atoms with Gasteiger partial charge < -0.3 is 0 Å². The van der Waals surface area contributed by atoms with Crippen LogP contribution in [-0.4, -0.2) is 10.3 Å². The Kier molecular flexibility index (Phi) is 5.43. The van der Waals surface area contributed by atoms with Crippen LogP contribution in [-0.2, 0) is 11.8 Å². The van der Waals surface area contributed by atoms with Crippen LogP contribution >= 0.6 is 43.2 Å². The van der Waals surface area contributed by atoms with Crippen molar-refractivity contribution in [2.45, 2.75) is 38.5 Å². The quantitative estimate of drug-likeness (QED) is 0.563. The number of halogens is 2. The molecule has 0 saturated heterocycles. The molecule has 20 heavy (non-hydrogen) atoms. The zero-order valence-corrected chi connectivity index (χ0v) is 16.0. The Hall–Kier alpha value is -0.190. The van der Waals surface area contributed by atoms with Crippen LogP contribution < -0.4 is 0 Å². The first-order valence-electron chi connectivity index (χ1n) is 6.66. The van der Waals surface area contributed by atoms with Crippen molar-refractivity contribution < 1.29 is 0 Å². The topological polar surface area (TPSA) is 12.9 Å². The predicted molar refractivity (Wildman–Crippen MR) is 95.2 cm³/mol. The van der Waals surface area contributed by atoms with Crippen molar-refractivity contribution in [3.63, 3.8) is 0 Å². The molecule has 0 aliphatic carbocycles. The third kappa shape index (κ3) is 4.15. The maximum atomic E-state index is 4.80. The van der Waals surface area contributed by atoms with Crippen molar-refractivity contribution in [3.05, 3.63) is 50.4 Å². The van der Waals surface area contributed by atoms with Crippen molar-refractivity contribution in [2.24, 2.45) is 0 Å². The highest BCUT2D eigenvalue weighted by Crippen LogP contribution is 2.29. The van der Waals surface area contributed by atoms with Crippen LogP contribution in [0.15, 0.2) is 34.1 Å². The Balaban J connectivity index is 2.16. The van der Waals surface area contributed by atoms with Gasteiger partial charge in [-0.1, -0.05) is 64.8 Å².